The maximum Gasteiger partial charge on any atom is 0.416 e. The van der Waals surface area contributed by atoms with Gasteiger partial charge in [-0.1, -0.05) is 36.0 Å². The lowest BCUT2D eigenvalue weighted by Crippen LogP contribution is -2.31. The predicted molar refractivity (Wildman–Crippen MR) is 163 cm³/mol. The maximum absolute atomic E-state index is 14.0. The number of hydrogen-bond acceptors (Lipinski definition) is 7. The second-order valence-corrected chi connectivity index (χ2v) is 10.3. The van der Waals surface area contributed by atoms with E-state index in [4.69, 9.17) is 20.1 Å². The zero-order chi connectivity index (χ0) is 31.0. The summed E-state index contributed by atoms with van der Waals surface area (Å²) in [5.41, 5.74) is 1.59. The van der Waals surface area contributed by atoms with Crippen LogP contribution < -0.4 is 25.0 Å². The Balaban J connectivity index is 1.73. The second kappa shape index (κ2) is 14.0. The maximum atomic E-state index is 14.0. The number of Topliss-reactive ketones (excluding diaryl/α,β-unsaturated/α-hetero) is 1. The van der Waals surface area contributed by atoms with Crippen molar-refractivity contribution < 1.29 is 32.2 Å². The van der Waals surface area contributed by atoms with Crippen LogP contribution in [0.1, 0.15) is 32.3 Å². The fraction of sp³-hybridized carbons (Fsp3) is 0.188. The van der Waals surface area contributed by atoms with Crippen LogP contribution in [0.5, 0.6) is 17.2 Å². The number of ketones is 1. The molecule has 0 fully saturated rings. The van der Waals surface area contributed by atoms with Crippen molar-refractivity contribution in [2.24, 2.45) is 10.9 Å². The normalized spacial score (nSPS) is 12.4. The average molecular weight is 610 g/mol. The average Bonchev–Trinajstić information content (AvgIpc) is 3.04. The van der Waals surface area contributed by atoms with E-state index in [2.05, 4.69) is 5.10 Å². The molecular weight excluding hydrogens is 579 g/mol. The molecule has 0 aliphatic rings. The Morgan fingerprint density at radius 2 is 1.28 bits per heavy atom. The van der Waals surface area contributed by atoms with Crippen molar-refractivity contribution >= 4 is 28.4 Å². The van der Waals surface area contributed by atoms with Gasteiger partial charge in [0.2, 0.25) is 0 Å². The number of anilines is 1. The molecule has 7 nitrogen and oxygen atoms in total. The van der Waals surface area contributed by atoms with Gasteiger partial charge in [-0.15, -0.1) is 0 Å². The van der Waals surface area contributed by atoms with Gasteiger partial charge in [0, 0.05) is 11.3 Å². The molecule has 0 spiro atoms. The van der Waals surface area contributed by atoms with Gasteiger partial charge < -0.3 is 25.0 Å². The van der Waals surface area contributed by atoms with Crippen LogP contribution in [0.2, 0.25) is 0 Å². The van der Waals surface area contributed by atoms with Gasteiger partial charge in [0.15, 0.2) is 11.0 Å². The van der Waals surface area contributed by atoms with E-state index < -0.39 is 17.0 Å². The molecule has 2 N–H and O–H groups in total. The summed E-state index contributed by atoms with van der Waals surface area (Å²) >= 11 is 1.13. The van der Waals surface area contributed by atoms with Crippen molar-refractivity contribution in [3.05, 3.63) is 119 Å². The Morgan fingerprint density at radius 1 is 0.791 bits per heavy atom. The molecular formula is C32H30F3N3O4S. The van der Waals surface area contributed by atoms with Crippen molar-refractivity contribution in [1.82, 2.24) is 0 Å². The number of nitrogens with two attached hydrogens (primary N) is 1. The lowest BCUT2D eigenvalue weighted by Gasteiger charge is -2.28. The molecule has 43 heavy (non-hydrogen) atoms. The van der Waals surface area contributed by atoms with Crippen LogP contribution >= 0.6 is 11.8 Å². The summed E-state index contributed by atoms with van der Waals surface area (Å²) in [7, 11) is 4.64. The molecule has 0 saturated carbocycles. The minimum Gasteiger partial charge on any atom is -0.497 e. The van der Waals surface area contributed by atoms with Gasteiger partial charge in [0.05, 0.1) is 33.4 Å². The Hall–Kier alpha value is -4.64. The van der Waals surface area contributed by atoms with Gasteiger partial charge in [-0.3, -0.25) is 4.79 Å². The molecule has 0 aromatic heterocycles. The van der Waals surface area contributed by atoms with E-state index in [1.54, 1.807) is 99.0 Å². The molecule has 0 heterocycles. The third kappa shape index (κ3) is 7.81. The fourth-order valence-corrected chi connectivity index (χ4v) is 5.35. The van der Waals surface area contributed by atoms with Gasteiger partial charge in [0.1, 0.15) is 22.5 Å². The quantitative estimate of drug-likeness (QED) is 0.0663. The van der Waals surface area contributed by atoms with Gasteiger partial charge in [-0.05, 0) is 83.9 Å². The van der Waals surface area contributed by atoms with Crippen molar-refractivity contribution in [3.8, 4) is 17.2 Å². The highest BCUT2D eigenvalue weighted by Gasteiger charge is 2.31. The highest BCUT2D eigenvalue weighted by molar-refractivity contribution is 8.14. The Morgan fingerprint density at radius 3 is 1.74 bits per heavy atom. The van der Waals surface area contributed by atoms with Crippen molar-refractivity contribution in [3.63, 3.8) is 0 Å². The first-order chi connectivity index (χ1) is 20.7. The van der Waals surface area contributed by atoms with Crippen LogP contribution in [0.4, 0.5) is 18.9 Å². The summed E-state index contributed by atoms with van der Waals surface area (Å²) in [6, 6.07) is 25.8. The van der Waals surface area contributed by atoms with Gasteiger partial charge in [-0.2, -0.15) is 18.3 Å². The number of thioether (sulfide) groups is 1. The summed E-state index contributed by atoms with van der Waals surface area (Å²) in [5, 5.41) is 3.55. The third-order valence-electron chi connectivity index (χ3n) is 6.60. The SMILES string of the molecule is COc1ccc(C(=O)C(S/C(=N/N)N(Cc2ccc(C(F)(F)F)cc2)c2ccc(OC)cc2)c2ccc(OC)cc2)cc1. The number of alkyl halides is 3. The minimum atomic E-state index is -4.46. The Labute approximate surface area is 252 Å². The molecule has 0 amide bonds. The lowest BCUT2D eigenvalue weighted by molar-refractivity contribution is -0.137. The van der Waals surface area contributed by atoms with Crippen LogP contribution in [-0.4, -0.2) is 32.3 Å². The van der Waals surface area contributed by atoms with Gasteiger partial charge in [0.25, 0.3) is 0 Å². The molecule has 0 radical (unpaired) electrons. The molecule has 224 valence electrons. The first kappa shape index (κ1) is 31.3. The summed E-state index contributed by atoms with van der Waals surface area (Å²) < 4.78 is 55.4. The van der Waals surface area contributed by atoms with Crippen LogP contribution in [0, 0.1) is 0 Å². The number of hydrogen-bond donors (Lipinski definition) is 1. The van der Waals surface area contributed by atoms with E-state index >= 15 is 0 Å². The van der Waals surface area contributed by atoms with Crippen LogP contribution in [0.25, 0.3) is 0 Å². The number of amidine groups is 1. The molecule has 1 unspecified atom stereocenters. The topological polar surface area (TPSA) is 86.4 Å². The van der Waals surface area contributed by atoms with E-state index in [0.717, 1.165) is 23.9 Å². The first-order valence-electron chi connectivity index (χ1n) is 13.0. The summed E-state index contributed by atoms with van der Waals surface area (Å²) in [6.45, 7) is 0.125. The third-order valence-corrected chi connectivity index (χ3v) is 7.86. The Kier molecular flexibility index (Phi) is 10.2. The molecule has 0 bridgehead atoms. The summed E-state index contributed by atoms with van der Waals surface area (Å²) in [6.07, 6.45) is -4.46. The second-order valence-electron chi connectivity index (χ2n) is 9.25. The lowest BCUT2D eigenvalue weighted by atomic mass is 10.0. The highest BCUT2D eigenvalue weighted by Crippen LogP contribution is 2.37. The van der Waals surface area contributed by atoms with Crippen molar-refractivity contribution in [1.29, 1.82) is 0 Å². The van der Waals surface area contributed by atoms with E-state index in [1.807, 2.05) is 0 Å². The molecule has 0 saturated heterocycles. The minimum absolute atomic E-state index is 0.125. The number of carbonyl (C=O) groups excluding carboxylic acids is 1. The van der Waals surface area contributed by atoms with Gasteiger partial charge >= 0.3 is 6.18 Å². The first-order valence-corrected chi connectivity index (χ1v) is 13.9. The van der Waals surface area contributed by atoms with Crippen LogP contribution in [0.3, 0.4) is 0 Å². The predicted octanol–water partition coefficient (Wildman–Crippen LogP) is 7.32. The highest BCUT2D eigenvalue weighted by atomic mass is 32.2. The zero-order valence-electron chi connectivity index (χ0n) is 23.7. The monoisotopic (exact) mass is 609 g/mol. The number of carbonyl (C=O) groups is 1. The number of halogens is 3. The van der Waals surface area contributed by atoms with Crippen molar-refractivity contribution in [2.75, 3.05) is 26.2 Å². The zero-order valence-corrected chi connectivity index (χ0v) is 24.5. The molecule has 1 atom stereocenters. The molecule has 0 aliphatic heterocycles. The van der Waals surface area contributed by atoms with E-state index in [-0.39, 0.29) is 17.5 Å². The number of benzene rings is 4. The number of nitrogens with zero attached hydrogens (tertiary/aromatic N) is 2. The standard InChI is InChI=1S/C32H30F3N3O4S/c1-40-26-14-6-22(7-15-26)29(39)30(23-8-16-27(41-2)17-9-23)43-31(37-36)38(25-12-18-28(42-3)19-13-25)20-21-4-10-24(11-5-21)32(33,34)35/h4-19,30H,20,36H2,1-3H3/b37-31+. The number of rotatable bonds is 10. The summed E-state index contributed by atoms with van der Waals surface area (Å²) in [5.74, 6) is 7.60. The van der Waals surface area contributed by atoms with Crippen LogP contribution in [-0.2, 0) is 12.7 Å². The fourth-order valence-electron chi connectivity index (χ4n) is 4.24. The van der Waals surface area contributed by atoms with Crippen LogP contribution in [0.15, 0.2) is 102 Å². The molecule has 4 aromatic rings. The Bertz CT molecular complexity index is 1530. The molecule has 4 rings (SSSR count). The molecule has 4 aromatic carbocycles. The van der Waals surface area contributed by atoms with E-state index in [1.165, 1.54) is 12.1 Å². The van der Waals surface area contributed by atoms with Gasteiger partial charge in [-0.25, -0.2) is 0 Å². The number of methoxy groups -OCH3 is 3. The molecule has 0 aliphatic carbocycles. The van der Waals surface area contributed by atoms with E-state index in [0.29, 0.717) is 39.6 Å². The number of hydrazone groups is 1. The number of ether oxygens (including phenoxy) is 3. The molecule has 11 heteroatoms. The summed E-state index contributed by atoms with van der Waals surface area (Å²) in [4.78, 5) is 15.7. The smallest absolute Gasteiger partial charge is 0.416 e. The largest absolute Gasteiger partial charge is 0.497 e. The van der Waals surface area contributed by atoms with E-state index in [9.17, 15) is 18.0 Å². The van der Waals surface area contributed by atoms with Crippen molar-refractivity contribution in [2.45, 2.75) is 18.0 Å².